The topological polar surface area (TPSA) is 40.2 Å². The lowest BCUT2D eigenvalue weighted by molar-refractivity contribution is 0.278. The molecule has 0 radical (unpaired) electrons. The third kappa shape index (κ3) is 2.65. The zero-order chi connectivity index (χ0) is 11.4. The van der Waals surface area contributed by atoms with Crippen LogP contribution >= 0.6 is 0 Å². The van der Waals surface area contributed by atoms with Crippen molar-refractivity contribution in [2.45, 2.75) is 45.1 Å². The van der Waals surface area contributed by atoms with E-state index in [2.05, 4.69) is 11.8 Å². The minimum atomic E-state index is 0.456. The molecule has 0 spiro atoms. The van der Waals surface area contributed by atoms with Crippen molar-refractivity contribution in [1.29, 1.82) is 5.41 Å². The number of furan rings is 1. The van der Waals surface area contributed by atoms with Gasteiger partial charge in [0.05, 0.1) is 12.1 Å². The molecule has 1 atom stereocenters. The summed E-state index contributed by atoms with van der Waals surface area (Å²) in [5.74, 6) is 1.87. The van der Waals surface area contributed by atoms with Crippen molar-refractivity contribution in [1.82, 2.24) is 4.90 Å². The average molecular weight is 220 g/mol. The van der Waals surface area contributed by atoms with Crippen LogP contribution in [0.3, 0.4) is 0 Å². The molecule has 2 heterocycles. The Morgan fingerprint density at radius 1 is 1.50 bits per heavy atom. The molecule has 0 amide bonds. The number of hydrogen-bond acceptors (Lipinski definition) is 2. The first-order valence-electron chi connectivity index (χ1n) is 6.14. The van der Waals surface area contributed by atoms with Crippen LogP contribution in [-0.2, 0) is 6.42 Å². The molecule has 1 fully saturated rings. The standard InChI is InChI=1S/C13H20N2O/c1-11(7-8-12-5-4-10-16-12)15-9-3-2-6-13(15)14/h4-5,10-11,14H,2-3,6-9H2,1H3. The monoisotopic (exact) mass is 220 g/mol. The first-order chi connectivity index (χ1) is 7.77. The predicted molar refractivity (Wildman–Crippen MR) is 64.8 cm³/mol. The van der Waals surface area contributed by atoms with Gasteiger partial charge in [-0.05, 0) is 38.3 Å². The lowest BCUT2D eigenvalue weighted by Gasteiger charge is -2.34. The third-order valence-electron chi connectivity index (χ3n) is 3.33. The number of amidine groups is 1. The van der Waals surface area contributed by atoms with Gasteiger partial charge in [0.15, 0.2) is 0 Å². The quantitative estimate of drug-likeness (QED) is 0.847. The Hall–Kier alpha value is -1.25. The Labute approximate surface area is 96.9 Å². The van der Waals surface area contributed by atoms with Crippen LogP contribution in [0.15, 0.2) is 22.8 Å². The van der Waals surface area contributed by atoms with Crippen LogP contribution in [-0.4, -0.2) is 23.3 Å². The van der Waals surface area contributed by atoms with E-state index in [-0.39, 0.29) is 0 Å². The minimum Gasteiger partial charge on any atom is -0.469 e. The van der Waals surface area contributed by atoms with E-state index < -0.39 is 0 Å². The van der Waals surface area contributed by atoms with Crippen molar-refractivity contribution in [3.8, 4) is 0 Å². The molecule has 1 aromatic rings. The minimum absolute atomic E-state index is 0.456. The second-order valence-corrected chi connectivity index (χ2v) is 4.56. The number of aryl methyl sites for hydroxylation is 1. The lowest BCUT2D eigenvalue weighted by atomic mass is 10.0. The van der Waals surface area contributed by atoms with Gasteiger partial charge < -0.3 is 9.32 Å². The van der Waals surface area contributed by atoms with Gasteiger partial charge in [0.1, 0.15) is 5.76 Å². The highest BCUT2D eigenvalue weighted by Gasteiger charge is 2.20. The molecule has 1 unspecified atom stereocenters. The highest BCUT2D eigenvalue weighted by Crippen LogP contribution is 2.17. The van der Waals surface area contributed by atoms with Gasteiger partial charge in [-0.15, -0.1) is 0 Å². The van der Waals surface area contributed by atoms with E-state index in [1.807, 2.05) is 12.1 Å². The van der Waals surface area contributed by atoms with E-state index in [1.165, 1.54) is 12.8 Å². The van der Waals surface area contributed by atoms with Gasteiger partial charge in [0.25, 0.3) is 0 Å². The number of hydrogen-bond donors (Lipinski definition) is 1. The van der Waals surface area contributed by atoms with Crippen molar-refractivity contribution in [3.63, 3.8) is 0 Å². The van der Waals surface area contributed by atoms with E-state index in [1.54, 1.807) is 6.26 Å². The SMILES string of the molecule is CC(CCc1ccco1)N1CCCCC1=N. The molecule has 3 heteroatoms. The van der Waals surface area contributed by atoms with Gasteiger partial charge >= 0.3 is 0 Å². The summed E-state index contributed by atoms with van der Waals surface area (Å²) in [7, 11) is 0. The Bertz CT molecular complexity index is 332. The molecule has 1 N–H and O–H groups in total. The molecule has 1 saturated heterocycles. The summed E-state index contributed by atoms with van der Waals surface area (Å²) in [6, 6.07) is 4.41. The third-order valence-corrected chi connectivity index (χ3v) is 3.33. The fourth-order valence-electron chi connectivity index (χ4n) is 2.30. The maximum Gasteiger partial charge on any atom is 0.103 e. The van der Waals surface area contributed by atoms with Crippen molar-refractivity contribution >= 4 is 5.84 Å². The molecule has 1 aromatic heterocycles. The normalized spacial score (nSPS) is 18.8. The largest absolute Gasteiger partial charge is 0.469 e. The number of piperidine rings is 1. The summed E-state index contributed by atoms with van der Waals surface area (Å²) in [5, 5.41) is 7.93. The maximum absolute atomic E-state index is 7.93. The van der Waals surface area contributed by atoms with E-state index in [4.69, 9.17) is 9.83 Å². The van der Waals surface area contributed by atoms with Crippen LogP contribution in [0.1, 0.15) is 38.4 Å². The molecule has 0 aromatic carbocycles. The van der Waals surface area contributed by atoms with E-state index >= 15 is 0 Å². The van der Waals surface area contributed by atoms with Crippen LogP contribution in [0.5, 0.6) is 0 Å². The highest BCUT2D eigenvalue weighted by atomic mass is 16.3. The molecular weight excluding hydrogens is 200 g/mol. The molecule has 0 aliphatic carbocycles. The van der Waals surface area contributed by atoms with Crippen LogP contribution < -0.4 is 0 Å². The van der Waals surface area contributed by atoms with Gasteiger partial charge in [-0.25, -0.2) is 0 Å². The van der Waals surface area contributed by atoms with E-state index in [0.29, 0.717) is 6.04 Å². The maximum atomic E-state index is 7.93. The number of nitrogens with zero attached hydrogens (tertiary/aromatic N) is 1. The second-order valence-electron chi connectivity index (χ2n) is 4.56. The molecule has 0 bridgehead atoms. The number of nitrogens with one attached hydrogen (secondary N) is 1. The summed E-state index contributed by atoms with van der Waals surface area (Å²) in [6.45, 7) is 3.26. The first kappa shape index (κ1) is 11.2. The fraction of sp³-hybridized carbons (Fsp3) is 0.615. The molecule has 88 valence electrons. The number of rotatable bonds is 4. The van der Waals surface area contributed by atoms with Crippen LogP contribution in [0.25, 0.3) is 0 Å². The predicted octanol–water partition coefficient (Wildman–Crippen LogP) is 3.06. The summed E-state index contributed by atoms with van der Waals surface area (Å²) in [4.78, 5) is 2.24. The molecule has 3 nitrogen and oxygen atoms in total. The Kier molecular flexibility index (Phi) is 3.65. The van der Waals surface area contributed by atoms with E-state index in [0.717, 1.165) is 37.4 Å². The molecule has 0 saturated carbocycles. The molecular formula is C13H20N2O. The van der Waals surface area contributed by atoms with Crippen LogP contribution in [0.4, 0.5) is 0 Å². The highest BCUT2D eigenvalue weighted by molar-refractivity contribution is 5.80. The average Bonchev–Trinajstić information content (AvgIpc) is 2.79. The smallest absolute Gasteiger partial charge is 0.103 e. The number of likely N-dealkylation sites (tertiary alicyclic amines) is 1. The second kappa shape index (κ2) is 5.19. The van der Waals surface area contributed by atoms with Gasteiger partial charge in [0.2, 0.25) is 0 Å². The van der Waals surface area contributed by atoms with Crippen LogP contribution in [0.2, 0.25) is 0 Å². The van der Waals surface area contributed by atoms with Crippen molar-refractivity contribution in [2.75, 3.05) is 6.54 Å². The zero-order valence-corrected chi connectivity index (χ0v) is 9.91. The van der Waals surface area contributed by atoms with Gasteiger partial charge in [-0.2, -0.15) is 0 Å². The van der Waals surface area contributed by atoms with Crippen molar-refractivity contribution in [2.24, 2.45) is 0 Å². The lowest BCUT2D eigenvalue weighted by Crippen LogP contribution is -2.41. The summed E-state index contributed by atoms with van der Waals surface area (Å²) < 4.78 is 5.33. The molecule has 16 heavy (non-hydrogen) atoms. The van der Waals surface area contributed by atoms with Crippen molar-refractivity contribution < 1.29 is 4.42 Å². The van der Waals surface area contributed by atoms with Gasteiger partial charge in [-0.3, -0.25) is 5.41 Å². The van der Waals surface area contributed by atoms with Crippen LogP contribution in [0, 0.1) is 5.41 Å². The molecule has 1 aliphatic heterocycles. The molecule has 1 aliphatic rings. The zero-order valence-electron chi connectivity index (χ0n) is 9.91. The Morgan fingerprint density at radius 2 is 2.38 bits per heavy atom. The Morgan fingerprint density at radius 3 is 3.06 bits per heavy atom. The van der Waals surface area contributed by atoms with Gasteiger partial charge in [0, 0.05) is 25.4 Å². The first-order valence-corrected chi connectivity index (χ1v) is 6.14. The summed E-state index contributed by atoms with van der Waals surface area (Å²) >= 11 is 0. The van der Waals surface area contributed by atoms with E-state index in [9.17, 15) is 0 Å². The fourth-order valence-corrected chi connectivity index (χ4v) is 2.30. The summed E-state index contributed by atoms with van der Waals surface area (Å²) in [5.41, 5.74) is 0. The van der Waals surface area contributed by atoms with Crippen molar-refractivity contribution in [3.05, 3.63) is 24.2 Å². The Balaban J connectivity index is 1.82. The van der Waals surface area contributed by atoms with Gasteiger partial charge in [-0.1, -0.05) is 0 Å². The summed E-state index contributed by atoms with van der Waals surface area (Å²) in [6.07, 6.45) is 7.12. The molecule has 2 rings (SSSR count).